The number of halogens is 3. The number of rotatable bonds is 3. The topological polar surface area (TPSA) is 32.5 Å². The van der Waals surface area contributed by atoms with Crippen LogP contribution in [0.15, 0.2) is 0 Å². The van der Waals surface area contributed by atoms with Crippen LogP contribution in [0.2, 0.25) is 0 Å². The fraction of sp³-hybridized carbons (Fsp3) is 1.00. The van der Waals surface area contributed by atoms with E-state index in [1.807, 2.05) is 0 Å². The fourth-order valence-corrected chi connectivity index (χ4v) is 2.97. The van der Waals surface area contributed by atoms with Gasteiger partial charge in [0.25, 0.3) is 0 Å². The van der Waals surface area contributed by atoms with E-state index in [0.29, 0.717) is 0 Å². The van der Waals surface area contributed by atoms with Gasteiger partial charge in [0.15, 0.2) is 0 Å². The summed E-state index contributed by atoms with van der Waals surface area (Å²) >= 11 is 0. The van der Waals surface area contributed by atoms with Crippen molar-refractivity contribution in [3.8, 4) is 0 Å². The molecule has 0 atom stereocenters. The van der Waals surface area contributed by atoms with Crippen molar-refractivity contribution in [3.63, 3.8) is 0 Å². The molecule has 0 saturated carbocycles. The van der Waals surface area contributed by atoms with Crippen molar-refractivity contribution in [2.75, 3.05) is 39.3 Å². The summed E-state index contributed by atoms with van der Waals surface area (Å²) in [5.74, 6) is 0. The van der Waals surface area contributed by atoms with Gasteiger partial charge in [0.2, 0.25) is 0 Å². The van der Waals surface area contributed by atoms with Gasteiger partial charge in [0, 0.05) is 19.1 Å². The summed E-state index contributed by atoms with van der Waals surface area (Å²) in [5.41, 5.74) is 5.58. The first kappa shape index (κ1) is 21.1. The van der Waals surface area contributed by atoms with Gasteiger partial charge in [-0.25, -0.2) is 0 Å². The molecule has 112 valence electrons. The molecule has 0 amide bonds. The van der Waals surface area contributed by atoms with Gasteiger partial charge < -0.3 is 15.5 Å². The summed E-state index contributed by atoms with van der Waals surface area (Å²) in [6.45, 7) is 7.13. The van der Waals surface area contributed by atoms with Crippen LogP contribution in [-0.4, -0.2) is 55.1 Å². The second-order valence-corrected chi connectivity index (χ2v) is 4.96. The Bertz CT molecular complexity index is 181. The molecular weight excluding hydrogens is 293 g/mol. The summed E-state index contributed by atoms with van der Waals surface area (Å²) in [6.07, 6.45) is 7.01. The molecule has 0 aromatic rings. The lowest BCUT2D eigenvalue weighted by Gasteiger charge is -2.40. The molecule has 2 rings (SSSR count). The largest absolute Gasteiger partial charge is 0.329 e. The quantitative estimate of drug-likeness (QED) is 0.865. The second-order valence-electron chi connectivity index (χ2n) is 4.96. The van der Waals surface area contributed by atoms with Gasteiger partial charge in [0.1, 0.15) is 0 Å². The van der Waals surface area contributed by atoms with Crippen LogP contribution in [0, 0.1) is 0 Å². The van der Waals surface area contributed by atoms with Crippen LogP contribution >= 0.6 is 37.2 Å². The fourth-order valence-electron chi connectivity index (χ4n) is 2.97. The third-order valence-corrected chi connectivity index (χ3v) is 3.91. The smallest absolute Gasteiger partial charge is 0.0120 e. The Hall–Kier alpha value is 0.750. The summed E-state index contributed by atoms with van der Waals surface area (Å²) in [7, 11) is 0. The van der Waals surface area contributed by atoms with Crippen LogP contribution in [0.25, 0.3) is 0 Å². The minimum atomic E-state index is 0. The Labute approximate surface area is 130 Å². The van der Waals surface area contributed by atoms with Crippen LogP contribution < -0.4 is 5.73 Å². The molecule has 6 heteroatoms. The molecule has 3 nitrogen and oxygen atoms in total. The third kappa shape index (κ3) is 6.27. The molecule has 2 aliphatic heterocycles. The number of piperidine rings is 2. The van der Waals surface area contributed by atoms with Crippen molar-refractivity contribution in [3.05, 3.63) is 0 Å². The van der Waals surface area contributed by atoms with E-state index in [1.165, 1.54) is 58.3 Å². The second kappa shape index (κ2) is 11.6. The predicted octanol–water partition coefficient (Wildman–Crippen LogP) is 2.16. The maximum atomic E-state index is 5.58. The molecule has 2 N–H and O–H groups in total. The predicted molar refractivity (Wildman–Crippen MR) is 85.7 cm³/mol. The van der Waals surface area contributed by atoms with Gasteiger partial charge in [-0.2, -0.15) is 0 Å². The molecule has 2 aliphatic rings. The first-order chi connectivity index (χ1) is 7.40. The highest BCUT2D eigenvalue weighted by atomic mass is 35.5. The first-order valence-electron chi connectivity index (χ1n) is 6.56. The zero-order chi connectivity index (χ0) is 10.5. The normalized spacial score (nSPS) is 22.5. The minimum absolute atomic E-state index is 0. The lowest BCUT2D eigenvalue weighted by molar-refractivity contribution is 0.0939. The van der Waals surface area contributed by atoms with Crippen LogP contribution in [0.1, 0.15) is 32.1 Å². The summed E-state index contributed by atoms with van der Waals surface area (Å²) in [6, 6.07) is 0.874. The highest BCUT2D eigenvalue weighted by molar-refractivity contribution is 5.86. The third-order valence-electron chi connectivity index (χ3n) is 3.91. The minimum Gasteiger partial charge on any atom is -0.329 e. The van der Waals surface area contributed by atoms with Crippen molar-refractivity contribution in [1.82, 2.24) is 9.80 Å². The lowest BCUT2D eigenvalue weighted by Crippen LogP contribution is -2.47. The van der Waals surface area contributed by atoms with Crippen molar-refractivity contribution >= 4 is 37.2 Å². The average Bonchev–Trinajstić information content (AvgIpc) is 2.32. The maximum Gasteiger partial charge on any atom is 0.0120 e. The van der Waals surface area contributed by atoms with E-state index in [2.05, 4.69) is 9.80 Å². The van der Waals surface area contributed by atoms with Gasteiger partial charge in [-0.3, -0.25) is 0 Å². The van der Waals surface area contributed by atoms with Crippen LogP contribution in [-0.2, 0) is 0 Å². The standard InChI is InChI=1S/C12H25N3.3ClH/c13-6-11-14-9-4-12(5-10-14)15-7-2-1-3-8-15;;;/h12H,1-11,13H2;3*1H. The molecule has 0 spiro atoms. The highest BCUT2D eigenvalue weighted by Crippen LogP contribution is 2.20. The Morgan fingerprint density at radius 1 is 0.833 bits per heavy atom. The van der Waals surface area contributed by atoms with Crippen molar-refractivity contribution in [2.45, 2.75) is 38.1 Å². The average molecular weight is 321 g/mol. The van der Waals surface area contributed by atoms with E-state index in [-0.39, 0.29) is 37.2 Å². The zero-order valence-corrected chi connectivity index (χ0v) is 13.5. The molecule has 0 bridgehead atoms. The molecule has 2 saturated heterocycles. The van der Waals surface area contributed by atoms with E-state index in [4.69, 9.17) is 5.73 Å². The molecule has 0 radical (unpaired) electrons. The number of hydrogen-bond acceptors (Lipinski definition) is 3. The van der Waals surface area contributed by atoms with Gasteiger partial charge in [-0.1, -0.05) is 6.42 Å². The Balaban J connectivity index is 0. The van der Waals surface area contributed by atoms with Crippen molar-refractivity contribution in [1.29, 1.82) is 0 Å². The summed E-state index contributed by atoms with van der Waals surface area (Å²) < 4.78 is 0. The van der Waals surface area contributed by atoms with E-state index in [9.17, 15) is 0 Å². The monoisotopic (exact) mass is 319 g/mol. The Morgan fingerprint density at radius 2 is 1.39 bits per heavy atom. The van der Waals surface area contributed by atoms with E-state index >= 15 is 0 Å². The molecule has 0 aromatic carbocycles. The molecular formula is C12H28Cl3N3. The zero-order valence-electron chi connectivity index (χ0n) is 11.1. The van der Waals surface area contributed by atoms with Gasteiger partial charge >= 0.3 is 0 Å². The Morgan fingerprint density at radius 3 is 1.89 bits per heavy atom. The molecule has 2 heterocycles. The van der Waals surface area contributed by atoms with Gasteiger partial charge in [-0.15, -0.1) is 37.2 Å². The molecule has 0 unspecified atom stereocenters. The number of likely N-dealkylation sites (tertiary alicyclic amines) is 2. The summed E-state index contributed by atoms with van der Waals surface area (Å²) in [5, 5.41) is 0. The number of nitrogens with two attached hydrogens (primary N) is 1. The van der Waals surface area contributed by atoms with Crippen LogP contribution in [0.5, 0.6) is 0 Å². The summed E-state index contributed by atoms with van der Waals surface area (Å²) in [4.78, 5) is 5.24. The highest BCUT2D eigenvalue weighted by Gasteiger charge is 2.24. The van der Waals surface area contributed by atoms with E-state index < -0.39 is 0 Å². The first-order valence-corrected chi connectivity index (χ1v) is 6.56. The molecule has 0 aliphatic carbocycles. The lowest BCUT2D eigenvalue weighted by atomic mass is 10.00. The Kier molecular flexibility index (Phi) is 13.5. The SMILES string of the molecule is Cl.Cl.Cl.NCCN1CCC(N2CCCCC2)CC1. The maximum absolute atomic E-state index is 5.58. The van der Waals surface area contributed by atoms with Gasteiger partial charge in [-0.05, 0) is 51.9 Å². The van der Waals surface area contributed by atoms with Crippen molar-refractivity contribution in [2.24, 2.45) is 5.73 Å². The molecule has 0 aromatic heterocycles. The van der Waals surface area contributed by atoms with Crippen LogP contribution in [0.3, 0.4) is 0 Å². The van der Waals surface area contributed by atoms with E-state index in [1.54, 1.807) is 0 Å². The van der Waals surface area contributed by atoms with E-state index in [0.717, 1.165) is 19.1 Å². The molecule has 18 heavy (non-hydrogen) atoms. The number of nitrogens with zero attached hydrogens (tertiary/aromatic N) is 2. The number of hydrogen-bond donors (Lipinski definition) is 1. The van der Waals surface area contributed by atoms with Crippen LogP contribution in [0.4, 0.5) is 0 Å². The molecule has 2 fully saturated rings. The van der Waals surface area contributed by atoms with Crippen molar-refractivity contribution < 1.29 is 0 Å². The van der Waals surface area contributed by atoms with Gasteiger partial charge in [0.05, 0.1) is 0 Å².